The summed E-state index contributed by atoms with van der Waals surface area (Å²) in [6.45, 7) is 9.81. The molecule has 0 amide bonds. The highest BCUT2D eigenvalue weighted by atomic mass is 15.1. The number of piperidine rings is 1. The molecule has 2 heterocycles. The Morgan fingerprint density at radius 2 is 2.11 bits per heavy atom. The van der Waals surface area contributed by atoms with E-state index >= 15 is 0 Å². The van der Waals surface area contributed by atoms with Crippen LogP contribution in [0.5, 0.6) is 0 Å². The summed E-state index contributed by atoms with van der Waals surface area (Å²) in [4.78, 5) is 6.85. The molecule has 2 rings (SSSR count). The average Bonchev–Trinajstić information content (AvgIpc) is 2.40. The SMILES string of the molecule is CC(C)=CCN1CCC(Nc2ccc(C)nc2)CC1. The van der Waals surface area contributed by atoms with Gasteiger partial charge in [0.25, 0.3) is 0 Å². The number of hydrogen-bond acceptors (Lipinski definition) is 3. The lowest BCUT2D eigenvalue weighted by molar-refractivity contribution is 0.240. The monoisotopic (exact) mass is 259 g/mol. The van der Waals surface area contributed by atoms with Crippen LogP contribution in [0.4, 0.5) is 5.69 Å². The number of anilines is 1. The first-order valence-electron chi connectivity index (χ1n) is 7.18. The Morgan fingerprint density at radius 3 is 2.68 bits per heavy atom. The highest BCUT2D eigenvalue weighted by molar-refractivity contribution is 5.41. The van der Waals surface area contributed by atoms with E-state index in [-0.39, 0.29) is 0 Å². The Balaban J connectivity index is 1.77. The van der Waals surface area contributed by atoms with Gasteiger partial charge in [-0.3, -0.25) is 9.88 Å². The molecular weight excluding hydrogens is 234 g/mol. The second kappa shape index (κ2) is 6.71. The molecule has 0 saturated carbocycles. The zero-order valence-electron chi connectivity index (χ0n) is 12.3. The van der Waals surface area contributed by atoms with Crippen LogP contribution in [-0.4, -0.2) is 35.6 Å². The van der Waals surface area contributed by atoms with Gasteiger partial charge in [0.15, 0.2) is 0 Å². The zero-order chi connectivity index (χ0) is 13.7. The summed E-state index contributed by atoms with van der Waals surface area (Å²) in [6, 6.07) is 4.77. The zero-order valence-corrected chi connectivity index (χ0v) is 12.3. The molecule has 1 saturated heterocycles. The molecule has 0 atom stereocenters. The van der Waals surface area contributed by atoms with Gasteiger partial charge >= 0.3 is 0 Å². The highest BCUT2D eigenvalue weighted by Gasteiger charge is 2.18. The standard InChI is InChI=1S/C16H25N3/c1-13(2)6-9-19-10-7-15(8-11-19)18-16-5-4-14(3)17-12-16/h4-6,12,15,18H,7-11H2,1-3H3. The Kier molecular flexibility index (Phi) is 4.97. The van der Waals surface area contributed by atoms with Gasteiger partial charge < -0.3 is 5.32 Å². The molecule has 19 heavy (non-hydrogen) atoms. The highest BCUT2D eigenvalue weighted by Crippen LogP contribution is 2.16. The molecule has 0 aliphatic carbocycles. The molecule has 1 aromatic rings. The number of aryl methyl sites for hydroxylation is 1. The molecular formula is C16H25N3. The molecule has 3 heteroatoms. The summed E-state index contributed by atoms with van der Waals surface area (Å²) in [6.07, 6.45) is 6.68. The number of likely N-dealkylation sites (tertiary alicyclic amines) is 1. The molecule has 1 fully saturated rings. The van der Waals surface area contributed by atoms with Gasteiger partial charge in [-0.15, -0.1) is 0 Å². The van der Waals surface area contributed by atoms with E-state index in [2.05, 4.69) is 47.3 Å². The van der Waals surface area contributed by atoms with Gasteiger partial charge in [0, 0.05) is 31.4 Å². The van der Waals surface area contributed by atoms with Crippen molar-refractivity contribution in [2.24, 2.45) is 0 Å². The van der Waals surface area contributed by atoms with Crippen molar-refractivity contribution in [2.75, 3.05) is 25.0 Å². The third-order valence-corrected chi connectivity index (χ3v) is 3.63. The second-order valence-corrected chi connectivity index (χ2v) is 5.69. The van der Waals surface area contributed by atoms with Crippen molar-refractivity contribution in [3.05, 3.63) is 35.7 Å². The van der Waals surface area contributed by atoms with Gasteiger partial charge in [-0.1, -0.05) is 11.6 Å². The maximum atomic E-state index is 4.33. The van der Waals surface area contributed by atoms with Gasteiger partial charge in [-0.25, -0.2) is 0 Å². The first kappa shape index (κ1) is 14.1. The minimum atomic E-state index is 0.590. The smallest absolute Gasteiger partial charge is 0.0529 e. The quantitative estimate of drug-likeness (QED) is 0.841. The number of nitrogens with zero attached hydrogens (tertiary/aromatic N) is 2. The molecule has 0 bridgehead atoms. The number of nitrogens with one attached hydrogen (secondary N) is 1. The molecule has 0 unspecified atom stereocenters. The molecule has 1 aliphatic rings. The van der Waals surface area contributed by atoms with Gasteiger partial charge in [0.2, 0.25) is 0 Å². The minimum absolute atomic E-state index is 0.590. The summed E-state index contributed by atoms with van der Waals surface area (Å²) in [5.41, 5.74) is 3.63. The Bertz CT molecular complexity index is 410. The van der Waals surface area contributed by atoms with Crippen LogP contribution in [-0.2, 0) is 0 Å². The Morgan fingerprint density at radius 1 is 1.37 bits per heavy atom. The number of aromatic nitrogens is 1. The molecule has 0 radical (unpaired) electrons. The predicted molar refractivity (Wildman–Crippen MR) is 81.5 cm³/mol. The van der Waals surface area contributed by atoms with Gasteiger partial charge in [-0.05, 0) is 45.7 Å². The first-order chi connectivity index (χ1) is 9.13. The van der Waals surface area contributed by atoms with E-state index in [1.54, 1.807) is 0 Å². The maximum Gasteiger partial charge on any atom is 0.0529 e. The lowest BCUT2D eigenvalue weighted by Gasteiger charge is -2.32. The Labute approximate surface area is 116 Å². The molecule has 1 N–H and O–H groups in total. The summed E-state index contributed by atoms with van der Waals surface area (Å²) >= 11 is 0. The predicted octanol–water partition coefficient (Wildman–Crippen LogP) is 3.23. The van der Waals surface area contributed by atoms with Crippen LogP contribution >= 0.6 is 0 Å². The van der Waals surface area contributed by atoms with E-state index in [1.165, 1.54) is 31.5 Å². The van der Waals surface area contributed by atoms with Crippen molar-refractivity contribution in [1.29, 1.82) is 0 Å². The van der Waals surface area contributed by atoms with Gasteiger partial charge in [0.05, 0.1) is 11.9 Å². The summed E-state index contributed by atoms with van der Waals surface area (Å²) in [5, 5.41) is 3.59. The molecule has 104 valence electrons. The summed E-state index contributed by atoms with van der Waals surface area (Å²) in [5.74, 6) is 0. The van der Waals surface area contributed by atoms with Crippen LogP contribution in [0.15, 0.2) is 30.0 Å². The third-order valence-electron chi connectivity index (χ3n) is 3.63. The van der Waals surface area contributed by atoms with E-state index in [9.17, 15) is 0 Å². The summed E-state index contributed by atoms with van der Waals surface area (Å²) in [7, 11) is 0. The lowest BCUT2D eigenvalue weighted by atomic mass is 10.0. The maximum absolute atomic E-state index is 4.33. The molecule has 0 aromatic carbocycles. The lowest BCUT2D eigenvalue weighted by Crippen LogP contribution is -2.39. The number of rotatable bonds is 4. The fourth-order valence-electron chi connectivity index (χ4n) is 2.36. The van der Waals surface area contributed by atoms with Crippen molar-refractivity contribution >= 4 is 5.69 Å². The van der Waals surface area contributed by atoms with E-state index < -0.39 is 0 Å². The van der Waals surface area contributed by atoms with Crippen LogP contribution in [0, 0.1) is 6.92 Å². The largest absolute Gasteiger partial charge is 0.381 e. The van der Waals surface area contributed by atoms with E-state index in [0.29, 0.717) is 6.04 Å². The van der Waals surface area contributed by atoms with E-state index in [0.717, 1.165) is 17.9 Å². The molecule has 1 aliphatic heterocycles. The van der Waals surface area contributed by atoms with Crippen molar-refractivity contribution in [2.45, 2.75) is 39.7 Å². The van der Waals surface area contributed by atoms with Crippen LogP contribution in [0.1, 0.15) is 32.4 Å². The normalized spacial score (nSPS) is 17.2. The fourth-order valence-corrected chi connectivity index (χ4v) is 2.36. The van der Waals surface area contributed by atoms with Gasteiger partial charge in [0.1, 0.15) is 0 Å². The van der Waals surface area contributed by atoms with E-state index in [1.807, 2.05) is 13.1 Å². The van der Waals surface area contributed by atoms with Crippen LogP contribution in [0.2, 0.25) is 0 Å². The molecule has 0 spiro atoms. The summed E-state index contributed by atoms with van der Waals surface area (Å²) < 4.78 is 0. The third kappa shape index (κ3) is 4.67. The fraction of sp³-hybridized carbons (Fsp3) is 0.562. The van der Waals surface area contributed by atoms with Crippen molar-refractivity contribution in [3.8, 4) is 0 Å². The van der Waals surface area contributed by atoms with Crippen LogP contribution in [0.3, 0.4) is 0 Å². The van der Waals surface area contributed by atoms with Crippen LogP contribution < -0.4 is 5.32 Å². The molecule has 3 nitrogen and oxygen atoms in total. The van der Waals surface area contributed by atoms with Crippen molar-refractivity contribution in [3.63, 3.8) is 0 Å². The number of pyridine rings is 1. The number of allylic oxidation sites excluding steroid dienone is 1. The van der Waals surface area contributed by atoms with Crippen molar-refractivity contribution in [1.82, 2.24) is 9.88 Å². The average molecular weight is 259 g/mol. The first-order valence-corrected chi connectivity index (χ1v) is 7.18. The molecule has 1 aromatic heterocycles. The Hall–Kier alpha value is -1.35. The van der Waals surface area contributed by atoms with Gasteiger partial charge in [-0.2, -0.15) is 0 Å². The second-order valence-electron chi connectivity index (χ2n) is 5.69. The number of hydrogen-bond donors (Lipinski definition) is 1. The minimum Gasteiger partial charge on any atom is -0.381 e. The topological polar surface area (TPSA) is 28.2 Å². The van der Waals surface area contributed by atoms with Crippen molar-refractivity contribution < 1.29 is 0 Å². The van der Waals surface area contributed by atoms with Crippen LogP contribution in [0.25, 0.3) is 0 Å². The van der Waals surface area contributed by atoms with E-state index in [4.69, 9.17) is 0 Å².